The van der Waals surface area contributed by atoms with E-state index >= 15 is 0 Å². The lowest BCUT2D eigenvalue weighted by atomic mass is 10.2. The van der Waals surface area contributed by atoms with Crippen LogP contribution < -0.4 is 10.6 Å². The van der Waals surface area contributed by atoms with Crippen LogP contribution in [0.2, 0.25) is 0 Å². The number of benzene rings is 1. The lowest BCUT2D eigenvalue weighted by Gasteiger charge is -2.16. The molecule has 4 nitrogen and oxygen atoms in total. The second-order valence-electron chi connectivity index (χ2n) is 4.14. The van der Waals surface area contributed by atoms with Crippen LogP contribution >= 0.6 is 11.8 Å². The van der Waals surface area contributed by atoms with Gasteiger partial charge in [0, 0.05) is 30.8 Å². The second kappa shape index (κ2) is 7.28. The molecule has 1 atom stereocenters. The number of hydrogen-bond donors (Lipinski definition) is 2. The van der Waals surface area contributed by atoms with Gasteiger partial charge < -0.3 is 15.7 Å². The fourth-order valence-corrected chi connectivity index (χ4v) is 2.35. The number of rotatable bonds is 7. The van der Waals surface area contributed by atoms with Crippen LogP contribution in [-0.2, 0) is 10.5 Å². The molecule has 1 aromatic carbocycles. The van der Waals surface area contributed by atoms with E-state index in [2.05, 4.69) is 43.1 Å². The molecule has 0 saturated heterocycles. The number of aliphatic carboxylic acids is 1. The molecule has 5 heteroatoms. The number of nitrogens with zero attached hydrogens (tertiary/aromatic N) is 1. The van der Waals surface area contributed by atoms with Crippen molar-refractivity contribution in [3.8, 4) is 0 Å². The first-order valence-electron chi connectivity index (χ1n) is 5.90. The predicted molar refractivity (Wildman–Crippen MR) is 77.2 cm³/mol. The Morgan fingerprint density at radius 2 is 2.06 bits per heavy atom. The first kappa shape index (κ1) is 14.9. The van der Waals surface area contributed by atoms with Gasteiger partial charge in [0.1, 0.15) is 6.04 Å². The highest BCUT2D eigenvalue weighted by Gasteiger charge is 2.10. The van der Waals surface area contributed by atoms with Crippen molar-refractivity contribution >= 4 is 23.4 Å². The van der Waals surface area contributed by atoms with E-state index in [-0.39, 0.29) is 0 Å². The van der Waals surface area contributed by atoms with Crippen molar-refractivity contribution in [1.82, 2.24) is 0 Å². The minimum absolute atomic E-state index is 0.436. The summed E-state index contributed by atoms with van der Waals surface area (Å²) < 4.78 is 0. The van der Waals surface area contributed by atoms with E-state index < -0.39 is 12.0 Å². The van der Waals surface area contributed by atoms with Crippen LogP contribution in [0.1, 0.15) is 12.5 Å². The molecule has 0 radical (unpaired) electrons. The summed E-state index contributed by atoms with van der Waals surface area (Å²) in [5.74, 6) is 0.283. The SMILES string of the molecule is CCN(C)c1ccc(CSC[C@H](N)C(=O)O)cc1. The molecule has 0 aromatic heterocycles. The van der Waals surface area contributed by atoms with Crippen molar-refractivity contribution in [3.63, 3.8) is 0 Å². The summed E-state index contributed by atoms with van der Waals surface area (Å²) in [6, 6.07) is 7.52. The molecule has 3 N–H and O–H groups in total. The zero-order valence-electron chi connectivity index (χ0n) is 10.8. The van der Waals surface area contributed by atoms with Gasteiger partial charge in [-0.3, -0.25) is 4.79 Å². The van der Waals surface area contributed by atoms with Crippen molar-refractivity contribution in [1.29, 1.82) is 0 Å². The number of carboxylic acid groups (broad SMARTS) is 1. The molecule has 0 heterocycles. The maximum Gasteiger partial charge on any atom is 0.321 e. The molecule has 0 saturated carbocycles. The summed E-state index contributed by atoms with van der Waals surface area (Å²) in [6.45, 7) is 3.08. The van der Waals surface area contributed by atoms with E-state index in [9.17, 15) is 4.79 Å². The first-order valence-corrected chi connectivity index (χ1v) is 7.06. The maximum absolute atomic E-state index is 10.6. The van der Waals surface area contributed by atoms with E-state index in [0.717, 1.165) is 12.3 Å². The Hall–Kier alpha value is -1.20. The minimum atomic E-state index is -0.942. The summed E-state index contributed by atoms with van der Waals surface area (Å²) in [7, 11) is 2.05. The second-order valence-corrected chi connectivity index (χ2v) is 5.17. The summed E-state index contributed by atoms with van der Waals surface area (Å²) in [6.07, 6.45) is 0. The molecule has 0 bridgehead atoms. The molecule has 100 valence electrons. The quantitative estimate of drug-likeness (QED) is 0.789. The molecule has 1 rings (SSSR count). The lowest BCUT2D eigenvalue weighted by molar-refractivity contribution is -0.137. The Kier molecular flexibility index (Phi) is 6.01. The van der Waals surface area contributed by atoms with Crippen LogP contribution in [0.3, 0.4) is 0 Å². The van der Waals surface area contributed by atoms with Crippen LogP contribution in [0, 0.1) is 0 Å². The van der Waals surface area contributed by atoms with E-state index in [1.807, 2.05) is 0 Å². The van der Waals surface area contributed by atoms with Gasteiger partial charge in [-0.25, -0.2) is 0 Å². The van der Waals surface area contributed by atoms with Crippen molar-refractivity contribution < 1.29 is 9.90 Å². The van der Waals surface area contributed by atoms with Crippen molar-refractivity contribution in [3.05, 3.63) is 29.8 Å². The zero-order chi connectivity index (χ0) is 13.5. The normalized spacial score (nSPS) is 12.2. The molecule has 0 fully saturated rings. The molecule has 0 aliphatic rings. The van der Waals surface area contributed by atoms with Crippen LogP contribution in [0.25, 0.3) is 0 Å². The highest BCUT2D eigenvalue weighted by atomic mass is 32.2. The molecule has 18 heavy (non-hydrogen) atoms. The summed E-state index contributed by atoms with van der Waals surface area (Å²) in [5.41, 5.74) is 7.81. The Morgan fingerprint density at radius 3 is 2.56 bits per heavy atom. The van der Waals surface area contributed by atoms with Crippen molar-refractivity contribution in [2.45, 2.75) is 18.7 Å². The van der Waals surface area contributed by atoms with Gasteiger partial charge in [-0.05, 0) is 24.6 Å². The van der Waals surface area contributed by atoms with E-state index in [0.29, 0.717) is 5.75 Å². The van der Waals surface area contributed by atoms with Gasteiger partial charge in [0.25, 0.3) is 0 Å². The van der Waals surface area contributed by atoms with Gasteiger partial charge in [-0.1, -0.05) is 12.1 Å². The minimum Gasteiger partial charge on any atom is -0.480 e. The standard InChI is InChI=1S/C13H20N2O2S/c1-3-15(2)11-6-4-10(5-7-11)8-18-9-12(14)13(16)17/h4-7,12H,3,8-9,14H2,1-2H3,(H,16,17)/t12-/m0/s1. The van der Waals surface area contributed by atoms with Gasteiger partial charge in [-0.15, -0.1) is 0 Å². The molecule has 0 aliphatic carbocycles. The molecule has 0 unspecified atom stereocenters. The van der Waals surface area contributed by atoms with E-state index in [1.54, 1.807) is 11.8 Å². The van der Waals surface area contributed by atoms with Gasteiger partial charge in [0.05, 0.1) is 0 Å². The molecule has 0 spiro atoms. The number of thioether (sulfide) groups is 1. The fraction of sp³-hybridized carbons (Fsp3) is 0.462. The smallest absolute Gasteiger partial charge is 0.321 e. The Bertz CT molecular complexity index is 381. The lowest BCUT2D eigenvalue weighted by Crippen LogP contribution is -2.32. The van der Waals surface area contributed by atoms with Crippen molar-refractivity contribution in [2.24, 2.45) is 5.73 Å². The van der Waals surface area contributed by atoms with E-state index in [1.165, 1.54) is 11.3 Å². The van der Waals surface area contributed by atoms with Gasteiger partial charge in [0.2, 0.25) is 0 Å². The molecule has 1 aromatic rings. The third-order valence-corrected chi connectivity index (χ3v) is 3.87. The first-order chi connectivity index (χ1) is 8.54. The van der Waals surface area contributed by atoms with Crippen LogP contribution in [0.15, 0.2) is 24.3 Å². The van der Waals surface area contributed by atoms with Crippen LogP contribution in [0.5, 0.6) is 0 Å². The average Bonchev–Trinajstić information content (AvgIpc) is 2.38. The summed E-state index contributed by atoms with van der Waals surface area (Å²) in [4.78, 5) is 12.7. The molecular weight excluding hydrogens is 248 g/mol. The largest absolute Gasteiger partial charge is 0.480 e. The van der Waals surface area contributed by atoms with Gasteiger partial charge >= 0.3 is 5.97 Å². The predicted octanol–water partition coefficient (Wildman–Crippen LogP) is 1.79. The highest BCUT2D eigenvalue weighted by Crippen LogP contribution is 2.17. The number of anilines is 1. The van der Waals surface area contributed by atoms with Crippen molar-refractivity contribution in [2.75, 3.05) is 24.2 Å². The Labute approximate surface area is 112 Å². The average molecular weight is 268 g/mol. The van der Waals surface area contributed by atoms with E-state index in [4.69, 9.17) is 10.8 Å². The fourth-order valence-electron chi connectivity index (χ4n) is 1.40. The number of carboxylic acids is 1. The third kappa shape index (κ3) is 4.58. The summed E-state index contributed by atoms with van der Waals surface area (Å²) in [5, 5.41) is 8.66. The molecule has 0 aliphatic heterocycles. The Morgan fingerprint density at radius 1 is 1.44 bits per heavy atom. The molecular formula is C13H20N2O2S. The van der Waals surface area contributed by atoms with Gasteiger partial charge in [0.15, 0.2) is 0 Å². The number of nitrogens with two attached hydrogens (primary N) is 1. The van der Waals surface area contributed by atoms with Crippen LogP contribution in [0.4, 0.5) is 5.69 Å². The highest BCUT2D eigenvalue weighted by molar-refractivity contribution is 7.98. The van der Waals surface area contributed by atoms with Crippen LogP contribution in [-0.4, -0.2) is 36.5 Å². The topological polar surface area (TPSA) is 66.6 Å². The third-order valence-electron chi connectivity index (χ3n) is 2.73. The monoisotopic (exact) mass is 268 g/mol. The Balaban J connectivity index is 2.42. The number of hydrogen-bond acceptors (Lipinski definition) is 4. The number of carbonyl (C=O) groups is 1. The molecule has 0 amide bonds. The summed E-state index contributed by atoms with van der Waals surface area (Å²) >= 11 is 1.54. The van der Waals surface area contributed by atoms with Gasteiger partial charge in [-0.2, -0.15) is 11.8 Å². The maximum atomic E-state index is 10.6. The zero-order valence-corrected chi connectivity index (χ0v) is 11.6.